The Balaban J connectivity index is 1.47. The SMILES string of the molecule is CNC(=O)c1ccc(-c2ccc(Nc3cncc(N4CCCC4=O)c3)nc2)cc1. The zero-order valence-electron chi connectivity index (χ0n) is 16.1. The molecule has 1 aliphatic rings. The summed E-state index contributed by atoms with van der Waals surface area (Å²) in [6.45, 7) is 0.732. The zero-order valence-corrected chi connectivity index (χ0v) is 16.1. The van der Waals surface area contributed by atoms with E-state index in [1.165, 1.54) is 0 Å². The molecule has 2 N–H and O–H groups in total. The van der Waals surface area contributed by atoms with E-state index in [9.17, 15) is 9.59 Å². The lowest BCUT2D eigenvalue weighted by Gasteiger charge is -2.16. The van der Waals surface area contributed by atoms with Gasteiger partial charge >= 0.3 is 0 Å². The Morgan fingerprint density at radius 2 is 1.83 bits per heavy atom. The zero-order chi connectivity index (χ0) is 20.2. The van der Waals surface area contributed by atoms with Crippen molar-refractivity contribution < 1.29 is 9.59 Å². The number of hydrogen-bond donors (Lipinski definition) is 2. The summed E-state index contributed by atoms with van der Waals surface area (Å²) >= 11 is 0. The number of anilines is 3. The molecule has 0 aliphatic carbocycles. The molecule has 4 rings (SSSR count). The summed E-state index contributed by atoms with van der Waals surface area (Å²) < 4.78 is 0. The molecule has 3 aromatic rings. The van der Waals surface area contributed by atoms with E-state index in [1.807, 2.05) is 30.3 Å². The molecule has 7 nitrogen and oxygen atoms in total. The van der Waals surface area contributed by atoms with Crippen molar-refractivity contribution in [1.82, 2.24) is 15.3 Å². The number of nitrogens with one attached hydrogen (secondary N) is 2. The number of hydrogen-bond acceptors (Lipinski definition) is 5. The largest absolute Gasteiger partial charge is 0.355 e. The van der Waals surface area contributed by atoms with Crippen molar-refractivity contribution in [1.29, 1.82) is 0 Å². The van der Waals surface area contributed by atoms with Crippen LogP contribution in [0.4, 0.5) is 17.2 Å². The molecule has 0 saturated carbocycles. The van der Waals surface area contributed by atoms with Crippen LogP contribution in [0, 0.1) is 0 Å². The molecular formula is C22H21N5O2. The van der Waals surface area contributed by atoms with Crippen LogP contribution in [0.3, 0.4) is 0 Å². The van der Waals surface area contributed by atoms with E-state index in [1.54, 1.807) is 42.7 Å². The second-order valence-electron chi connectivity index (χ2n) is 6.79. The summed E-state index contributed by atoms with van der Waals surface area (Å²) in [5.41, 5.74) is 4.12. The van der Waals surface area contributed by atoms with Gasteiger partial charge in [-0.1, -0.05) is 12.1 Å². The van der Waals surface area contributed by atoms with Gasteiger partial charge in [-0.05, 0) is 42.3 Å². The van der Waals surface area contributed by atoms with Crippen molar-refractivity contribution >= 4 is 29.0 Å². The average molecular weight is 387 g/mol. The molecule has 0 radical (unpaired) electrons. The fourth-order valence-corrected chi connectivity index (χ4v) is 3.31. The van der Waals surface area contributed by atoms with Gasteiger partial charge in [0.05, 0.1) is 23.8 Å². The van der Waals surface area contributed by atoms with E-state index in [0.29, 0.717) is 17.8 Å². The number of nitrogens with zero attached hydrogens (tertiary/aromatic N) is 3. The average Bonchev–Trinajstić information content (AvgIpc) is 3.20. The van der Waals surface area contributed by atoms with E-state index in [0.717, 1.165) is 35.5 Å². The minimum Gasteiger partial charge on any atom is -0.355 e. The molecule has 1 saturated heterocycles. The molecule has 0 bridgehead atoms. The van der Waals surface area contributed by atoms with E-state index >= 15 is 0 Å². The highest BCUT2D eigenvalue weighted by molar-refractivity contribution is 5.95. The first-order valence-electron chi connectivity index (χ1n) is 9.45. The number of aromatic nitrogens is 2. The maximum Gasteiger partial charge on any atom is 0.251 e. The minimum atomic E-state index is -0.110. The van der Waals surface area contributed by atoms with Crippen LogP contribution >= 0.6 is 0 Å². The Kier molecular flexibility index (Phi) is 5.20. The highest BCUT2D eigenvalue weighted by Gasteiger charge is 2.22. The summed E-state index contributed by atoms with van der Waals surface area (Å²) in [5, 5.41) is 5.84. The molecule has 0 atom stereocenters. The Morgan fingerprint density at radius 1 is 1.03 bits per heavy atom. The van der Waals surface area contributed by atoms with Crippen molar-refractivity contribution in [2.75, 3.05) is 23.8 Å². The van der Waals surface area contributed by atoms with Crippen LogP contribution in [0.5, 0.6) is 0 Å². The topological polar surface area (TPSA) is 87.2 Å². The summed E-state index contributed by atoms with van der Waals surface area (Å²) in [4.78, 5) is 34.0. The predicted octanol–water partition coefficient (Wildman–Crippen LogP) is 3.37. The van der Waals surface area contributed by atoms with Crippen LogP contribution < -0.4 is 15.5 Å². The van der Waals surface area contributed by atoms with Crippen molar-refractivity contribution in [2.45, 2.75) is 12.8 Å². The summed E-state index contributed by atoms with van der Waals surface area (Å²) in [6.07, 6.45) is 6.65. The molecule has 0 spiro atoms. The van der Waals surface area contributed by atoms with Gasteiger partial charge in [0.15, 0.2) is 0 Å². The van der Waals surface area contributed by atoms with E-state index in [4.69, 9.17) is 0 Å². The van der Waals surface area contributed by atoms with E-state index < -0.39 is 0 Å². The van der Waals surface area contributed by atoms with Crippen molar-refractivity contribution in [3.05, 3.63) is 66.6 Å². The van der Waals surface area contributed by atoms with Crippen LogP contribution in [-0.4, -0.2) is 35.4 Å². The summed E-state index contributed by atoms with van der Waals surface area (Å²) in [7, 11) is 1.61. The lowest BCUT2D eigenvalue weighted by molar-refractivity contribution is -0.117. The first kappa shape index (κ1) is 18.6. The van der Waals surface area contributed by atoms with Crippen molar-refractivity contribution in [3.63, 3.8) is 0 Å². The Morgan fingerprint density at radius 3 is 2.48 bits per heavy atom. The summed E-state index contributed by atoms with van der Waals surface area (Å²) in [5.74, 6) is 0.706. The van der Waals surface area contributed by atoms with Crippen LogP contribution in [0.2, 0.25) is 0 Å². The summed E-state index contributed by atoms with van der Waals surface area (Å²) in [6, 6.07) is 13.1. The first-order chi connectivity index (χ1) is 14.1. The Hall–Kier alpha value is -3.74. The third-order valence-electron chi connectivity index (χ3n) is 4.85. The third-order valence-corrected chi connectivity index (χ3v) is 4.85. The van der Waals surface area contributed by atoms with Gasteiger partial charge in [0.25, 0.3) is 5.91 Å². The smallest absolute Gasteiger partial charge is 0.251 e. The molecule has 1 fully saturated rings. The molecule has 1 aliphatic heterocycles. The third kappa shape index (κ3) is 4.08. The van der Waals surface area contributed by atoms with Crippen LogP contribution in [0.1, 0.15) is 23.2 Å². The highest BCUT2D eigenvalue weighted by Crippen LogP contribution is 2.25. The maximum atomic E-state index is 11.9. The molecule has 3 heterocycles. The van der Waals surface area contributed by atoms with Crippen LogP contribution in [0.25, 0.3) is 11.1 Å². The Labute approximate surface area is 168 Å². The highest BCUT2D eigenvalue weighted by atomic mass is 16.2. The molecule has 7 heteroatoms. The molecule has 1 aromatic carbocycles. The number of carbonyl (C=O) groups excluding carboxylic acids is 2. The van der Waals surface area contributed by atoms with Crippen LogP contribution in [0.15, 0.2) is 61.1 Å². The normalized spacial score (nSPS) is 13.4. The second kappa shape index (κ2) is 8.10. The number of pyridine rings is 2. The lowest BCUT2D eigenvalue weighted by atomic mass is 10.1. The monoisotopic (exact) mass is 387 g/mol. The Bertz CT molecular complexity index is 1030. The number of benzene rings is 1. The second-order valence-corrected chi connectivity index (χ2v) is 6.79. The molecular weight excluding hydrogens is 366 g/mol. The van der Waals surface area contributed by atoms with Crippen LogP contribution in [-0.2, 0) is 4.79 Å². The maximum absolute atomic E-state index is 11.9. The van der Waals surface area contributed by atoms with Gasteiger partial charge in [-0.15, -0.1) is 0 Å². The van der Waals surface area contributed by atoms with Gasteiger partial charge < -0.3 is 15.5 Å². The van der Waals surface area contributed by atoms with E-state index in [2.05, 4.69) is 20.6 Å². The van der Waals surface area contributed by atoms with E-state index in [-0.39, 0.29) is 11.8 Å². The minimum absolute atomic E-state index is 0.110. The van der Waals surface area contributed by atoms with Gasteiger partial charge in [-0.2, -0.15) is 0 Å². The number of carbonyl (C=O) groups is 2. The fourth-order valence-electron chi connectivity index (χ4n) is 3.31. The molecule has 0 unspecified atom stereocenters. The van der Waals surface area contributed by atoms with Crippen molar-refractivity contribution in [3.8, 4) is 11.1 Å². The number of rotatable bonds is 5. The quantitative estimate of drug-likeness (QED) is 0.701. The van der Waals surface area contributed by atoms with Gasteiger partial charge in [0.1, 0.15) is 5.82 Å². The van der Waals surface area contributed by atoms with Crippen molar-refractivity contribution in [2.24, 2.45) is 0 Å². The molecule has 146 valence electrons. The molecule has 2 aromatic heterocycles. The number of amides is 2. The van der Waals surface area contributed by atoms with Gasteiger partial charge in [0, 0.05) is 37.3 Å². The van der Waals surface area contributed by atoms with Gasteiger partial charge in [-0.3, -0.25) is 14.6 Å². The molecule has 29 heavy (non-hydrogen) atoms. The molecule has 2 amide bonds. The first-order valence-corrected chi connectivity index (χ1v) is 9.45. The predicted molar refractivity (Wildman–Crippen MR) is 112 cm³/mol. The van der Waals surface area contributed by atoms with Gasteiger partial charge in [-0.25, -0.2) is 4.98 Å². The fraction of sp³-hybridized carbons (Fsp3) is 0.182. The standard InChI is InChI=1S/C22H21N5O2/c1-23-22(29)16-6-4-15(5-7-16)17-8-9-20(25-12-17)26-18-11-19(14-24-13-18)27-10-2-3-21(27)28/h4-9,11-14H,2-3,10H2,1H3,(H,23,29)(H,25,26). The van der Waals surface area contributed by atoms with Gasteiger partial charge in [0.2, 0.25) is 5.91 Å². The lowest BCUT2D eigenvalue weighted by Crippen LogP contribution is -2.23.